The van der Waals surface area contributed by atoms with Crippen LogP contribution in [0.1, 0.15) is 5.56 Å². The Kier molecular flexibility index (Phi) is 5.89. The van der Waals surface area contributed by atoms with Crippen LogP contribution in [-0.4, -0.2) is 20.9 Å². The number of hydrogen-bond donors (Lipinski definition) is 1. The number of hydrogen-bond acceptors (Lipinski definition) is 4. The van der Waals surface area contributed by atoms with Gasteiger partial charge in [0.15, 0.2) is 0 Å². The van der Waals surface area contributed by atoms with Crippen LogP contribution in [0.2, 0.25) is 0 Å². The first-order chi connectivity index (χ1) is 11.3. The first kappa shape index (κ1) is 18.3. The normalized spacial score (nSPS) is 11.3. The Morgan fingerprint density at radius 1 is 1.17 bits per heavy atom. The highest BCUT2D eigenvalue weighted by atomic mass is 79.9. The van der Waals surface area contributed by atoms with Gasteiger partial charge in [-0.05, 0) is 45.8 Å². The molecule has 0 aromatic heterocycles. The predicted octanol–water partition coefficient (Wildman–Crippen LogP) is 3.10. The summed E-state index contributed by atoms with van der Waals surface area (Å²) in [6.07, 6.45) is -0.301. The van der Waals surface area contributed by atoms with Gasteiger partial charge in [0.25, 0.3) is 10.0 Å². The van der Waals surface area contributed by atoms with Crippen molar-refractivity contribution in [3.05, 3.63) is 58.6 Å². The molecule has 0 atom stereocenters. The van der Waals surface area contributed by atoms with Crippen LogP contribution in [0.15, 0.2) is 57.9 Å². The molecule has 0 fully saturated rings. The summed E-state index contributed by atoms with van der Waals surface area (Å²) in [5.41, 5.74) is 0.341. The molecule has 0 saturated carbocycles. The number of amides is 1. The number of nitrogens with one attached hydrogen (secondary N) is 1. The van der Waals surface area contributed by atoms with E-state index in [0.29, 0.717) is 10.0 Å². The molecule has 0 saturated heterocycles. The second-order valence-electron chi connectivity index (χ2n) is 4.66. The zero-order valence-electron chi connectivity index (χ0n) is 12.1. The van der Waals surface area contributed by atoms with Gasteiger partial charge in [-0.3, -0.25) is 4.79 Å². The van der Waals surface area contributed by atoms with Crippen molar-refractivity contribution in [2.75, 3.05) is 0 Å². The number of carbonyl (C=O) groups excluding carboxylic acids is 1. The number of ether oxygens (including phenoxy) is 1. The zero-order chi connectivity index (χ0) is 17.7. The van der Waals surface area contributed by atoms with Gasteiger partial charge in [-0.1, -0.05) is 24.3 Å². The van der Waals surface area contributed by atoms with Gasteiger partial charge in [0.1, 0.15) is 10.6 Å². The summed E-state index contributed by atoms with van der Waals surface area (Å²) in [4.78, 5) is 11.9. The summed E-state index contributed by atoms with van der Waals surface area (Å²) in [6, 6.07) is 11.5. The van der Waals surface area contributed by atoms with Crippen molar-refractivity contribution in [1.29, 1.82) is 0 Å². The first-order valence-electron chi connectivity index (χ1n) is 6.62. The quantitative estimate of drug-likeness (QED) is 0.780. The van der Waals surface area contributed by atoms with Crippen LogP contribution in [-0.2, 0) is 21.2 Å². The molecular formula is C15H12BrF2NO4S. The maximum absolute atomic E-state index is 12.2. The lowest BCUT2D eigenvalue weighted by atomic mass is 10.1. The highest BCUT2D eigenvalue weighted by Crippen LogP contribution is 2.21. The summed E-state index contributed by atoms with van der Waals surface area (Å²) in [5.74, 6) is -0.899. The molecule has 9 heteroatoms. The Balaban J connectivity index is 2.09. The molecular weight excluding hydrogens is 408 g/mol. The van der Waals surface area contributed by atoms with E-state index in [1.165, 1.54) is 42.5 Å². The van der Waals surface area contributed by atoms with Crippen LogP contribution < -0.4 is 9.46 Å². The number of sulfonamides is 1. The molecule has 2 aromatic carbocycles. The molecule has 1 N–H and O–H groups in total. The minimum absolute atomic E-state index is 0.0758. The predicted molar refractivity (Wildman–Crippen MR) is 86.2 cm³/mol. The molecule has 0 bridgehead atoms. The Hall–Kier alpha value is -2.00. The first-order valence-corrected chi connectivity index (χ1v) is 8.89. The van der Waals surface area contributed by atoms with E-state index < -0.39 is 22.5 Å². The molecule has 128 valence electrons. The number of rotatable bonds is 6. The summed E-state index contributed by atoms with van der Waals surface area (Å²) >= 11 is 3.10. The fraction of sp³-hybridized carbons (Fsp3) is 0.133. The third kappa shape index (κ3) is 5.00. The number of carbonyl (C=O) groups is 1. The lowest BCUT2D eigenvalue weighted by molar-refractivity contribution is -0.118. The Bertz CT molecular complexity index is 843. The Labute approximate surface area is 145 Å². The molecule has 2 rings (SSSR count). The van der Waals surface area contributed by atoms with Gasteiger partial charge in [-0.25, -0.2) is 13.1 Å². The third-order valence-electron chi connectivity index (χ3n) is 2.86. The van der Waals surface area contributed by atoms with Crippen molar-refractivity contribution in [2.45, 2.75) is 17.9 Å². The summed E-state index contributed by atoms with van der Waals surface area (Å²) in [5, 5.41) is 0. The highest BCUT2D eigenvalue weighted by molar-refractivity contribution is 9.10. The van der Waals surface area contributed by atoms with Crippen molar-refractivity contribution >= 4 is 31.9 Å². The monoisotopic (exact) mass is 419 g/mol. The van der Waals surface area contributed by atoms with E-state index in [9.17, 15) is 22.0 Å². The number of alkyl halides is 2. The van der Waals surface area contributed by atoms with Crippen molar-refractivity contribution < 1.29 is 26.7 Å². The van der Waals surface area contributed by atoms with E-state index in [4.69, 9.17) is 0 Å². The smallest absolute Gasteiger partial charge is 0.387 e. The summed E-state index contributed by atoms with van der Waals surface area (Å²) in [6.45, 7) is -2.98. The SMILES string of the molecule is O=C(Cc1cccc(OC(F)F)c1)NS(=O)(=O)c1ccccc1Br. The molecule has 5 nitrogen and oxygen atoms in total. The molecule has 0 aliphatic heterocycles. The van der Waals surface area contributed by atoms with Crippen LogP contribution in [0, 0.1) is 0 Å². The van der Waals surface area contributed by atoms with E-state index >= 15 is 0 Å². The maximum atomic E-state index is 12.2. The van der Waals surface area contributed by atoms with E-state index in [2.05, 4.69) is 20.7 Å². The average molecular weight is 420 g/mol. The topological polar surface area (TPSA) is 72.5 Å². The molecule has 24 heavy (non-hydrogen) atoms. The average Bonchev–Trinajstić information content (AvgIpc) is 2.46. The van der Waals surface area contributed by atoms with E-state index in [-0.39, 0.29) is 17.1 Å². The molecule has 0 aliphatic rings. The maximum Gasteiger partial charge on any atom is 0.387 e. The van der Waals surface area contributed by atoms with Crippen molar-refractivity contribution in [3.63, 3.8) is 0 Å². The molecule has 0 heterocycles. The van der Waals surface area contributed by atoms with Crippen molar-refractivity contribution in [2.24, 2.45) is 0 Å². The molecule has 0 spiro atoms. The van der Waals surface area contributed by atoms with Crippen LogP contribution >= 0.6 is 15.9 Å². The van der Waals surface area contributed by atoms with E-state index in [0.717, 1.165) is 0 Å². The van der Waals surface area contributed by atoms with Gasteiger partial charge in [0.2, 0.25) is 5.91 Å². The minimum Gasteiger partial charge on any atom is -0.435 e. The Morgan fingerprint density at radius 3 is 2.54 bits per heavy atom. The summed E-state index contributed by atoms with van der Waals surface area (Å²) in [7, 11) is -4.04. The van der Waals surface area contributed by atoms with Crippen molar-refractivity contribution in [1.82, 2.24) is 4.72 Å². The van der Waals surface area contributed by atoms with Crippen LogP contribution in [0.3, 0.4) is 0 Å². The summed E-state index contributed by atoms with van der Waals surface area (Å²) < 4.78 is 55.2. The van der Waals surface area contributed by atoms with Crippen molar-refractivity contribution in [3.8, 4) is 5.75 Å². The number of benzene rings is 2. The van der Waals surface area contributed by atoms with E-state index in [1.54, 1.807) is 6.07 Å². The van der Waals surface area contributed by atoms with Gasteiger partial charge >= 0.3 is 6.61 Å². The second kappa shape index (κ2) is 7.71. The standard InChI is InChI=1S/C15H12BrF2NO4S/c16-12-6-1-2-7-13(12)24(21,22)19-14(20)9-10-4-3-5-11(8-10)23-15(17)18/h1-8,15H,9H2,(H,19,20). The third-order valence-corrected chi connectivity index (χ3v) is 5.25. The largest absolute Gasteiger partial charge is 0.435 e. The lowest BCUT2D eigenvalue weighted by Gasteiger charge is -2.09. The van der Waals surface area contributed by atoms with Crippen LogP contribution in [0.5, 0.6) is 5.75 Å². The fourth-order valence-electron chi connectivity index (χ4n) is 1.92. The minimum atomic E-state index is -4.04. The highest BCUT2D eigenvalue weighted by Gasteiger charge is 2.20. The molecule has 0 unspecified atom stereocenters. The van der Waals surface area contributed by atoms with Gasteiger partial charge in [0, 0.05) is 4.47 Å². The molecule has 0 radical (unpaired) electrons. The van der Waals surface area contributed by atoms with Crippen LogP contribution in [0.25, 0.3) is 0 Å². The molecule has 0 aliphatic carbocycles. The van der Waals surface area contributed by atoms with Gasteiger partial charge in [0.05, 0.1) is 6.42 Å². The lowest BCUT2D eigenvalue weighted by Crippen LogP contribution is -2.32. The Morgan fingerprint density at radius 2 is 1.88 bits per heavy atom. The van der Waals surface area contributed by atoms with Gasteiger partial charge < -0.3 is 4.74 Å². The zero-order valence-corrected chi connectivity index (χ0v) is 14.5. The molecule has 2 aromatic rings. The van der Waals surface area contributed by atoms with Crippen LogP contribution in [0.4, 0.5) is 8.78 Å². The fourth-order valence-corrected chi connectivity index (χ4v) is 3.91. The van der Waals surface area contributed by atoms with E-state index in [1.807, 2.05) is 4.72 Å². The molecule has 1 amide bonds. The van der Waals surface area contributed by atoms with Gasteiger partial charge in [-0.2, -0.15) is 8.78 Å². The second-order valence-corrected chi connectivity index (χ2v) is 7.17. The number of halogens is 3. The van der Waals surface area contributed by atoms with Gasteiger partial charge in [-0.15, -0.1) is 0 Å².